The number of hydrogen-bond donors (Lipinski definition) is 1. The van der Waals surface area contributed by atoms with Gasteiger partial charge in [0.05, 0.1) is 18.2 Å². The third kappa shape index (κ3) is 3.57. The fraction of sp³-hybridized carbons (Fsp3) is 0.609. The summed E-state index contributed by atoms with van der Waals surface area (Å²) in [6.45, 7) is -0.440. The zero-order chi connectivity index (χ0) is 23.9. The predicted molar refractivity (Wildman–Crippen MR) is 115 cm³/mol. The molecule has 7 nitrogen and oxygen atoms in total. The van der Waals surface area contributed by atoms with Gasteiger partial charge in [-0.3, -0.25) is 14.0 Å². The van der Waals surface area contributed by atoms with Gasteiger partial charge in [0.1, 0.15) is 11.7 Å². The number of carbonyl (C=O) groups excluding carboxylic acids is 2. The lowest BCUT2D eigenvalue weighted by atomic mass is 10.0. The minimum absolute atomic E-state index is 0.0424. The van der Waals surface area contributed by atoms with E-state index in [1.165, 1.54) is 17.5 Å². The highest BCUT2D eigenvalue weighted by Gasteiger charge is 2.51. The average Bonchev–Trinajstić information content (AvgIpc) is 3.71. The number of carbonyl (C=O) groups is 2. The van der Waals surface area contributed by atoms with Gasteiger partial charge in [-0.25, -0.2) is 4.98 Å². The molecule has 1 aliphatic heterocycles. The van der Waals surface area contributed by atoms with Gasteiger partial charge in [0.15, 0.2) is 11.3 Å². The van der Waals surface area contributed by atoms with Crippen LogP contribution in [0.4, 0.5) is 13.2 Å². The van der Waals surface area contributed by atoms with Crippen molar-refractivity contribution in [2.24, 2.45) is 11.8 Å². The largest absolute Gasteiger partial charge is 0.419 e. The van der Waals surface area contributed by atoms with Crippen LogP contribution < -0.4 is 0 Å². The van der Waals surface area contributed by atoms with Crippen LogP contribution in [-0.4, -0.2) is 67.9 Å². The first-order valence-electron chi connectivity index (χ1n) is 11.7. The van der Waals surface area contributed by atoms with Gasteiger partial charge in [0.25, 0.3) is 5.91 Å². The van der Waals surface area contributed by atoms with Crippen molar-refractivity contribution in [3.63, 3.8) is 0 Å². The number of imidazole rings is 1. The lowest BCUT2D eigenvalue weighted by Crippen LogP contribution is -2.61. The molecule has 3 unspecified atom stereocenters. The van der Waals surface area contributed by atoms with Crippen molar-refractivity contribution in [2.75, 3.05) is 19.7 Å². The maximum atomic E-state index is 13.8. The van der Waals surface area contributed by atoms with Gasteiger partial charge in [-0.05, 0) is 61.5 Å². The van der Waals surface area contributed by atoms with Gasteiger partial charge in [-0.1, -0.05) is 11.6 Å². The van der Waals surface area contributed by atoms with Crippen LogP contribution in [0.1, 0.15) is 59.6 Å². The second-order valence-electron chi connectivity index (χ2n) is 10.1. The van der Waals surface area contributed by atoms with E-state index in [1.807, 2.05) is 0 Å². The van der Waals surface area contributed by atoms with E-state index < -0.39 is 29.3 Å². The Bertz CT molecular complexity index is 1180. The molecule has 34 heavy (non-hydrogen) atoms. The van der Waals surface area contributed by atoms with Gasteiger partial charge >= 0.3 is 6.18 Å². The highest BCUT2D eigenvalue weighted by Crippen LogP contribution is 2.53. The van der Waals surface area contributed by atoms with Crippen LogP contribution in [0.2, 0.25) is 5.15 Å². The van der Waals surface area contributed by atoms with E-state index in [1.54, 1.807) is 4.90 Å². The maximum Gasteiger partial charge on any atom is 0.419 e. The third-order valence-corrected chi connectivity index (χ3v) is 8.15. The third-order valence-electron chi connectivity index (χ3n) is 7.79. The summed E-state index contributed by atoms with van der Waals surface area (Å²) in [5.41, 5.74) is -1.18. The number of aromatic nitrogens is 2. The molecule has 2 aromatic heterocycles. The summed E-state index contributed by atoms with van der Waals surface area (Å²) >= 11 is 6.39. The van der Waals surface area contributed by atoms with E-state index in [9.17, 15) is 27.9 Å². The van der Waals surface area contributed by atoms with Gasteiger partial charge in [0.2, 0.25) is 5.91 Å². The molecule has 1 saturated heterocycles. The zero-order valence-corrected chi connectivity index (χ0v) is 19.0. The number of aliphatic hydroxyl groups excluding tert-OH is 1. The van der Waals surface area contributed by atoms with Crippen LogP contribution in [0, 0.1) is 11.8 Å². The Balaban J connectivity index is 1.31. The molecular weight excluding hydrogens is 473 g/mol. The molecule has 0 radical (unpaired) electrons. The molecule has 11 heteroatoms. The minimum Gasteiger partial charge on any atom is -0.394 e. The number of rotatable bonds is 4. The van der Waals surface area contributed by atoms with Crippen molar-refractivity contribution < 1.29 is 27.9 Å². The molecule has 0 bridgehead atoms. The molecule has 3 saturated carbocycles. The van der Waals surface area contributed by atoms with Crippen molar-refractivity contribution in [1.29, 1.82) is 0 Å². The van der Waals surface area contributed by atoms with Crippen LogP contribution in [0.3, 0.4) is 0 Å². The normalized spacial score (nSPS) is 29.1. The predicted octanol–water partition coefficient (Wildman–Crippen LogP) is 3.33. The molecule has 182 valence electrons. The fourth-order valence-electron chi connectivity index (χ4n) is 5.84. The monoisotopic (exact) mass is 496 g/mol. The molecule has 3 heterocycles. The Morgan fingerprint density at radius 1 is 1.21 bits per heavy atom. The molecule has 0 aromatic carbocycles. The van der Waals surface area contributed by atoms with Gasteiger partial charge in [0, 0.05) is 18.8 Å². The summed E-state index contributed by atoms with van der Waals surface area (Å²) in [6.07, 6.45) is 1.50. The van der Waals surface area contributed by atoms with E-state index in [0.29, 0.717) is 17.4 Å². The number of aliphatic hydroxyl groups is 1. The molecule has 3 aliphatic carbocycles. The first-order valence-corrected chi connectivity index (χ1v) is 12.0. The highest BCUT2D eigenvalue weighted by molar-refractivity contribution is 6.33. The lowest BCUT2D eigenvalue weighted by molar-refractivity contribution is -0.143. The Labute approximate surface area is 198 Å². The van der Waals surface area contributed by atoms with Crippen molar-refractivity contribution >= 4 is 29.1 Å². The standard InChI is InChI=1S/C23H24ClF3N4O3/c24-20-19(28-21-17(23(25,26)27)6-14(7-30(20)21)11-1-2-11)22(34)29-8-16(10-32)31(18(33)9-29)15-4-12-3-13(12)5-15/h6-7,11-13,15-16,32H,1-5,8-10H2. The molecule has 4 aliphatic rings. The summed E-state index contributed by atoms with van der Waals surface area (Å²) in [5.74, 6) is 0.363. The first kappa shape index (κ1) is 22.2. The number of nitrogens with zero attached hydrogens (tertiary/aromatic N) is 4. The Morgan fingerprint density at radius 2 is 1.91 bits per heavy atom. The number of halogens is 4. The second-order valence-corrected chi connectivity index (χ2v) is 10.5. The van der Waals surface area contributed by atoms with Crippen LogP contribution in [0.15, 0.2) is 12.3 Å². The lowest BCUT2D eigenvalue weighted by Gasteiger charge is -2.43. The van der Waals surface area contributed by atoms with E-state index in [4.69, 9.17) is 11.6 Å². The molecule has 6 rings (SSSR count). The number of fused-ring (bicyclic) bond motifs is 2. The van der Waals surface area contributed by atoms with E-state index in [-0.39, 0.29) is 48.4 Å². The van der Waals surface area contributed by atoms with Crippen molar-refractivity contribution in [3.05, 3.63) is 34.2 Å². The SMILES string of the molecule is O=C(c1nc2c(C(F)(F)F)cc(C3CC3)cn2c1Cl)N1CC(=O)N(C2CC3CC3C2)C(CO)C1. The number of piperazine rings is 1. The number of pyridine rings is 1. The molecule has 1 N–H and O–H groups in total. The number of amides is 2. The van der Waals surface area contributed by atoms with Gasteiger partial charge in [-0.2, -0.15) is 13.2 Å². The Kier molecular flexibility index (Phi) is 4.94. The molecule has 0 spiro atoms. The van der Waals surface area contributed by atoms with Crippen molar-refractivity contribution in [3.8, 4) is 0 Å². The maximum absolute atomic E-state index is 13.8. The van der Waals surface area contributed by atoms with Crippen LogP contribution in [-0.2, 0) is 11.0 Å². The summed E-state index contributed by atoms with van der Waals surface area (Å²) in [4.78, 5) is 33.3. The molecule has 2 amide bonds. The quantitative estimate of drug-likeness (QED) is 0.704. The first-order chi connectivity index (χ1) is 16.2. The zero-order valence-electron chi connectivity index (χ0n) is 18.3. The summed E-state index contributed by atoms with van der Waals surface area (Å²) in [5, 5.41) is 9.76. The van der Waals surface area contributed by atoms with E-state index in [0.717, 1.165) is 36.2 Å². The summed E-state index contributed by atoms with van der Waals surface area (Å²) < 4.78 is 42.5. The average molecular weight is 497 g/mol. The van der Waals surface area contributed by atoms with E-state index >= 15 is 0 Å². The van der Waals surface area contributed by atoms with Crippen molar-refractivity contribution in [2.45, 2.75) is 56.3 Å². The summed E-state index contributed by atoms with van der Waals surface area (Å²) in [6, 6.07) is 0.594. The topological polar surface area (TPSA) is 78.2 Å². The minimum atomic E-state index is -4.66. The highest BCUT2D eigenvalue weighted by atomic mass is 35.5. The fourth-order valence-corrected chi connectivity index (χ4v) is 6.09. The van der Waals surface area contributed by atoms with Crippen LogP contribution in [0.5, 0.6) is 0 Å². The summed E-state index contributed by atoms with van der Waals surface area (Å²) in [7, 11) is 0. The van der Waals surface area contributed by atoms with Crippen LogP contribution >= 0.6 is 11.6 Å². The second kappa shape index (κ2) is 7.58. The molecule has 4 fully saturated rings. The molecule has 3 atom stereocenters. The Morgan fingerprint density at radius 3 is 2.53 bits per heavy atom. The number of alkyl halides is 3. The smallest absolute Gasteiger partial charge is 0.394 e. The Hall–Kier alpha value is -2.33. The molecule has 2 aromatic rings. The number of hydrogen-bond acceptors (Lipinski definition) is 4. The van der Waals surface area contributed by atoms with E-state index in [2.05, 4.69) is 4.98 Å². The van der Waals surface area contributed by atoms with Crippen LogP contribution in [0.25, 0.3) is 5.65 Å². The van der Waals surface area contributed by atoms with Gasteiger partial charge in [-0.15, -0.1) is 0 Å². The van der Waals surface area contributed by atoms with Crippen molar-refractivity contribution in [1.82, 2.24) is 19.2 Å². The molecular formula is C23H24ClF3N4O3. The van der Waals surface area contributed by atoms with Gasteiger partial charge < -0.3 is 14.9 Å².